The highest BCUT2D eigenvalue weighted by atomic mass is 79.9. The van der Waals surface area contributed by atoms with E-state index < -0.39 is 16.0 Å². The van der Waals surface area contributed by atoms with E-state index in [9.17, 15) is 13.2 Å². The lowest BCUT2D eigenvalue weighted by atomic mass is 10.2. The average molecular weight is 360 g/mol. The number of benzene rings is 1. The number of carbonyl (C=O) groups is 1. The highest BCUT2D eigenvalue weighted by Gasteiger charge is 2.19. The Kier molecular flexibility index (Phi) is 3.82. The molecule has 2 aromatic rings. The monoisotopic (exact) mass is 359 g/mol. The molecular weight excluding hydrogens is 350 g/mol. The number of aryl methyl sites for hydroxylation is 1. The Labute approximate surface area is 123 Å². The van der Waals surface area contributed by atoms with Crippen molar-refractivity contribution >= 4 is 37.6 Å². The molecule has 0 aliphatic heterocycles. The first-order valence-corrected chi connectivity index (χ1v) is 7.64. The van der Waals surface area contributed by atoms with Crippen LogP contribution in [0, 0.1) is 6.92 Å². The molecule has 0 spiro atoms. The van der Waals surface area contributed by atoms with Crippen molar-refractivity contribution in [2.24, 2.45) is 0 Å². The van der Waals surface area contributed by atoms with Crippen LogP contribution in [0.2, 0.25) is 0 Å². The molecule has 2 rings (SSSR count). The van der Waals surface area contributed by atoms with E-state index in [0.717, 1.165) is 0 Å². The maximum Gasteiger partial charge on any atom is 0.336 e. The molecule has 0 bridgehead atoms. The molecule has 1 aromatic carbocycles. The van der Waals surface area contributed by atoms with Gasteiger partial charge in [-0.05, 0) is 41.1 Å². The molecule has 9 heteroatoms. The second-order valence-electron chi connectivity index (χ2n) is 3.96. The van der Waals surface area contributed by atoms with Crippen molar-refractivity contribution in [2.75, 3.05) is 4.72 Å². The molecule has 0 aliphatic rings. The average Bonchev–Trinajstić information content (AvgIpc) is 2.78. The molecule has 0 radical (unpaired) electrons. The summed E-state index contributed by atoms with van der Waals surface area (Å²) in [7, 11) is -3.81. The number of halogens is 1. The third-order valence-corrected chi connectivity index (χ3v) is 4.71. The van der Waals surface area contributed by atoms with E-state index in [1.165, 1.54) is 24.4 Å². The lowest BCUT2D eigenvalue weighted by Crippen LogP contribution is -2.14. The number of nitrogens with one attached hydrogen (secondary N) is 2. The zero-order valence-corrected chi connectivity index (χ0v) is 12.6. The first-order chi connectivity index (χ1) is 9.31. The standard InChI is InChI=1S/C11H10BrN3O4S/c1-6-10(5-13-14-6)20(18,19)15-7-2-3-9(12)8(4-7)11(16)17/h2-5,15H,1H3,(H,13,14)(H,16,17). The van der Waals surface area contributed by atoms with E-state index in [0.29, 0.717) is 10.2 Å². The van der Waals surface area contributed by atoms with Crippen LogP contribution in [0.15, 0.2) is 33.8 Å². The van der Waals surface area contributed by atoms with Crippen LogP contribution in [-0.4, -0.2) is 29.7 Å². The Hall–Kier alpha value is -1.87. The predicted octanol–water partition coefficient (Wildman–Crippen LogP) is 1.98. The maximum absolute atomic E-state index is 12.1. The summed E-state index contributed by atoms with van der Waals surface area (Å²) in [5.41, 5.74) is 0.522. The highest BCUT2D eigenvalue weighted by molar-refractivity contribution is 9.10. The Bertz CT molecular complexity index is 770. The van der Waals surface area contributed by atoms with E-state index in [2.05, 4.69) is 30.8 Å². The van der Waals surface area contributed by atoms with Gasteiger partial charge >= 0.3 is 5.97 Å². The van der Waals surface area contributed by atoms with E-state index in [1.54, 1.807) is 6.92 Å². The van der Waals surface area contributed by atoms with Gasteiger partial charge in [-0.2, -0.15) is 5.10 Å². The molecule has 0 atom stereocenters. The summed E-state index contributed by atoms with van der Waals surface area (Å²) in [5.74, 6) is -1.16. The van der Waals surface area contributed by atoms with Gasteiger partial charge in [0.25, 0.3) is 10.0 Å². The van der Waals surface area contributed by atoms with Gasteiger partial charge in [0.15, 0.2) is 0 Å². The largest absolute Gasteiger partial charge is 0.478 e. The molecule has 0 fully saturated rings. The van der Waals surface area contributed by atoms with Crippen LogP contribution in [-0.2, 0) is 10.0 Å². The molecule has 0 saturated carbocycles. The lowest BCUT2D eigenvalue weighted by molar-refractivity contribution is 0.0696. The van der Waals surface area contributed by atoms with Gasteiger partial charge in [-0.15, -0.1) is 0 Å². The fourth-order valence-corrected chi connectivity index (χ4v) is 3.18. The zero-order chi connectivity index (χ0) is 14.9. The molecule has 7 nitrogen and oxygen atoms in total. The topological polar surface area (TPSA) is 112 Å². The Balaban J connectivity index is 2.38. The van der Waals surface area contributed by atoms with Crippen LogP contribution in [0.25, 0.3) is 0 Å². The number of hydrogen-bond donors (Lipinski definition) is 3. The number of H-pyrrole nitrogens is 1. The first-order valence-electron chi connectivity index (χ1n) is 5.37. The third kappa shape index (κ3) is 2.83. The summed E-state index contributed by atoms with van der Waals surface area (Å²) in [4.78, 5) is 11.0. The maximum atomic E-state index is 12.1. The van der Waals surface area contributed by atoms with Crippen LogP contribution >= 0.6 is 15.9 Å². The van der Waals surface area contributed by atoms with Gasteiger partial charge in [0.2, 0.25) is 0 Å². The number of sulfonamides is 1. The summed E-state index contributed by atoms with van der Waals surface area (Å²) in [6.07, 6.45) is 1.19. The molecular formula is C11H10BrN3O4S. The number of aromatic amines is 1. The minimum absolute atomic E-state index is 0.0114. The summed E-state index contributed by atoms with van der Waals surface area (Å²) in [5, 5.41) is 15.2. The fourth-order valence-electron chi connectivity index (χ4n) is 1.57. The van der Waals surface area contributed by atoms with E-state index in [-0.39, 0.29) is 16.1 Å². The molecule has 1 aromatic heterocycles. The molecule has 1 heterocycles. The summed E-state index contributed by atoms with van der Waals surface area (Å²) in [6.45, 7) is 1.58. The number of aromatic nitrogens is 2. The van der Waals surface area contributed by atoms with Crippen LogP contribution < -0.4 is 4.72 Å². The number of anilines is 1. The van der Waals surface area contributed by atoms with Crippen molar-refractivity contribution < 1.29 is 18.3 Å². The van der Waals surface area contributed by atoms with Crippen LogP contribution in [0.1, 0.15) is 16.1 Å². The second-order valence-corrected chi connectivity index (χ2v) is 6.47. The van der Waals surface area contributed by atoms with E-state index >= 15 is 0 Å². The summed E-state index contributed by atoms with van der Waals surface area (Å²) >= 11 is 3.09. The number of carboxylic acids is 1. The smallest absolute Gasteiger partial charge is 0.336 e. The van der Waals surface area contributed by atoms with E-state index in [4.69, 9.17) is 5.11 Å². The number of nitrogens with zero attached hydrogens (tertiary/aromatic N) is 1. The van der Waals surface area contributed by atoms with Crippen molar-refractivity contribution in [3.05, 3.63) is 40.1 Å². The van der Waals surface area contributed by atoms with Gasteiger partial charge in [0, 0.05) is 10.2 Å². The van der Waals surface area contributed by atoms with Gasteiger partial charge in [-0.25, -0.2) is 13.2 Å². The molecule has 0 unspecified atom stereocenters. The van der Waals surface area contributed by atoms with Gasteiger partial charge in [0.1, 0.15) is 4.90 Å². The number of hydrogen-bond acceptors (Lipinski definition) is 4. The lowest BCUT2D eigenvalue weighted by Gasteiger charge is -2.08. The normalized spacial score (nSPS) is 11.3. The van der Waals surface area contributed by atoms with Gasteiger partial charge in [-0.1, -0.05) is 0 Å². The molecule has 0 aliphatic carbocycles. The molecule has 106 valence electrons. The van der Waals surface area contributed by atoms with Gasteiger partial charge in [0.05, 0.1) is 17.5 Å². The molecule has 20 heavy (non-hydrogen) atoms. The summed E-state index contributed by atoms with van der Waals surface area (Å²) in [6, 6.07) is 4.16. The molecule has 3 N–H and O–H groups in total. The SMILES string of the molecule is Cc1[nH]ncc1S(=O)(=O)Nc1ccc(Br)c(C(=O)O)c1. The third-order valence-electron chi connectivity index (χ3n) is 2.52. The van der Waals surface area contributed by atoms with Gasteiger partial charge < -0.3 is 5.11 Å². The summed E-state index contributed by atoms with van der Waals surface area (Å²) < 4.78 is 26.9. The Morgan fingerprint density at radius 1 is 1.45 bits per heavy atom. The number of carboxylic acid groups (broad SMARTS) is 1. The van der Waals surface area contributed by atoms with E-state index in [1.807, 2.05) is 0 Å². The van der Waals surface area contributed by atoms with Crippen LogP contribution in [0.3, 0.4) is 0 Å². The quantitative estimate of drug-likeness (QED) is 0.772. The minimum Gasteiger partial charge on any atom is -0.478 e. The van der Waals surface area contributed by atoms with Crippen LogP contribution in [0.4, 0.5) is 5.69 Å². The minimum atomic E-state index is -3.81. The van der Waals surface area contributed by atoms with Crippen molar-refractivity contribution in [3.8, 4) is 0 Å². The van der Waals surface area contributed by atoms with Crippen LogP contribution in [0.5, 0.6) is 0 Å². The Morgan fingerprint density at radius 3 is 2.70 bits per heavy atom. The number of aromatic carboxylic acids is 1. The predicted molar refractivity (Wildman–Crippen MR) is 75.2 cm³/mol. The zero-order valence-electron chi connectivity index (χ0n) is 10.2. The molecule has 0 saturated heterocycles. The number of rotatable bonds is 4. The van der Waals surface area contributed by atoms with Gasteiger partial charge in [-0.3, -0.25) is 9.82 Å². The van der Waals surface area contributed by atoms with Crippen molar-refractivity contribution in [3.63, 3.8) is 0 Å². The highest BCUT2D eigenvalue weighted by Crippen LogP contribution is 2.23. The first kappa shape index (κ1) is 14.5. The van der Waals surface area contributed by atoms with Crippen molar-refractivity contribution in [2.45, 2.75) is 11.8 Å². The van der Waals surface area contributed by atoms with Crippen molar-refractivity contribution in [1.82, 2.24) is 10.2 Å². The van der Waals surface area contributed by atoms with Crippen molar-refractivity contribution in [1.29, 1.82) is 0 Å². The Morgan fingerprint density at radius 2 is 2.15 bits per heavy atom. The fraction of sp³-hybridized carbons (Fsp3) is 0.0909. The molecule has 0 amide bonds. The second kappa shape index (κ2) is 5.25.